The van der Waals surface area contributed by atoms with Gasteiger partial charge in [0.2, 0.25) is 0 Å². The lowest BCUT2D eigenvalue weighted by Gasteiger charge is -2.39. The van der Waals surface area contributed by atoms with Crippen LogP contribution in [-0.4, -0.2) is 54.8 Å². The summed E-state index contributed by atoms with van der Waals surface area (Å²) >= 11 is 6.47. The molecule has 3 aliphatic rings. The van der Waals surface area contributed by atoms with Gasteiger partial charge in [0, 0.05) is 37.8 Å². The van der Waals surface area contributed by atoms with Crippen molar-refractivity contribution in [2.75, 3.05) is 26.2 Å². The van der Waals surface area contributed by atoms with Crippen LogP contribution < -0.4 is 10.1 Å². The molecule has 0 spiro atoms. The second-order valence-electron chi connectivity index (χ2n) is 10.2. The molecule has 0 radical (unpaired) electrons. The first-order chi connectivity index (χ1) is 14.9. The van der Waals surface area contributed by atoms with Crippen molar-refractivity contribution in [3.63, 3.8) is 0 Å². The largest absolute Gasteiger partial charge is 0.489 e. The number of rotatable bonds is 6. The Hall–Kier alpha value is -1.30. The number of halogens is 1. The molecule has 1 aromatic carbocycles. The second kappa shape index (κ2) is 10.1. The number of carbonyl (C=O) groups is 1. The topological polar surface area (TPSA) is 50.8 Å². The van der Waals surface area contributed by atoms with Crippen molar-refractivity contribution < 1.29 is 14.3 Å². The smallest absolute Gasteiger partial charge is 0.251 e. The van der Waals surface area contributed by atoms with E-state index in [2.05, 4.69) is 24.1 Å². The van der Waals surface area contributed by atoms with Crippen molar-refractivity contribution >= 4 is 17.5 Å². The highest BCUT2D eigenvalue weighted by Crippen LogP contribution is 2.31. The van der Waals surface area contributed by atoms with Crippen molar-refractivity contribution in [2.24, 2.45) is 5.92 Å². The van der Waals surface area contributed by atoms with Gasteiger partial charge in [-0.15, -0.1) is 0 Å². The fraction of sp³-hybridized carbons (Fsp3) is 0.720. The molecule has 2 heterocycles. The quantitative estimate of drug-likeness (QED) is 0.660. The van der Waals surface area contributed by atoms with Gasteiger partial charge in [-0.2, -0.15) is 0 Å². The summed E-state index contributed by atoms with van der Waals surface area (Å²) in [5, 5.41) is 3.63. The molecule has 6 heteroatoms. The Morgan fingerprint density at radius 2 is 1.94 bits per heavy atom. The van der Waals surface area contributed by atoms with Crippen LogP contribution in [0.15, 0.2) is 18.2 Å². The SMILES string of the molecule is CC1(C)CC(CN2CCC(Oc3ccc(C(=O)NC4CCCC4)cc3Cl)CC2)CCO1. The van der Waals surface area contributed by atoms with Crippen LogP contribution in [0.25, 0.3) is 0 Å². The lowest BCUT2D eigenvalue weighted by molar-refractivity contribution is -0.0782. The third kappa shape index (κ3) is 6.36. The van der Waals surface area contributed by atoms with Gasteiger partial charge in [0.15, 0.2) is 0 Å². The number of likely N-dealkylation sites (tertiary alicyclic amines) is 1. The normalized spacial score (nSPS) is 25.5. The van der Waals surface area contributed by atoms with E-state index >= 15 is 0 Å². The number of benzene rings is 1. The molecule has 1 N–H and O–H groups in total. The average Bonchev–Trinajstić information content (AvgIpc) is 3.23. The molecule has 172 valence electrons. The van der Waals surface area contributed by atoms with E-state index in [9.17, 15) is 4.79 Å². The van der Waals surface area contributed by atoms with Gasteiger partial charge in [0.25, 0.3) is 5.91 Å². The number of piperidine rings is 1. The van der Waals surface area contributed by atoms with Crippen molar-refractivity contribution in [1.82, 2.24) is 10.2 Å². The summed E-state index contributed by atoms with van der Waals surface area (Å²) in [6, 6.07) is 5.72. The molecule has 1 saturated carbocycles. The number of nitrogens with one attached hydrogen (secondary N) is 1. The van der Waals surface area contributed by atoms with Crippen molar-refractivity contribution in [3.8, 4) is 5.75 Å². The molecule has 31 heavy (non-hydrogen) atoms. The van der Waals surface area contributed by atoms with Crippen LogP contribution in [0, 0.1) is 5.92 Å². The highest BCUT2D eigenvalue weighted by molar-refractivity contribution is 6.32. The van der Waals surface area contributed by atoms with E-state index < -0.39 is 0 Å². The fourth-order valence-corrected chi connectivity index (χ4v) is 5.57. The Bertz CT molecular complexity index is 755. The minimum absolute atomic E-state index is 0.0151. The first-order valence-corrected chi connectivity index (χ1v) is 12.4. The van der Waals surface area contributed by atoms with E-state index in [-0.39, 0.29) is 17.6 Å². The summed E-state index contributed by atoms with van der Waals surface area (Å²) < 4.78 is 12.1. The zero-order valence-electron chi connectivity index (χ0n) is 19.0. The lowest BCUT2D eigenvalue weighted by atomic mass is 9.87. The Morgan fingerprint density at radius 3 is 2.61 bits per heavy atom. The Labute approximate surface area is 191 Å². The Morgan fingerprint density at radius 1 is 1.19 bits per heavy atom. The molecule has 5 nitrogen and oxygen atoms in total. The maximum absolute atomic E-state index is 12.5. The molecule has 1 aromatic rings. The zero-order chi connectivity index (χ0) is 21.8. The Kier molecular flexibility index (Phi) is 7.45. The van der Waals surface area contributed by atoms with E-state index in [1.165, 1.54) is 12.8 Å². The van der Waals surface area contributed by atoms with Gasteiger partial charge in [-0.25, -0.2) is 0 Å². The van der Waals surface area contributed by atoms with Gasteiger partial charge in [-0.3, -0.25) is 4.79 Å². The molecule has 2 saturated heterocycles. The maximum atomic E-state index is 12.5. The number of hydrogen-bond acceptors (Lipinski definition) is 4. The minimum atomic E-state index is -0.0371. The summed E-state index contributed by atoms with van der Waals surface area (Å²) in [6.45, 7) is 8.55. The first kappa shape index (κ1) is 22.9. The van der Waals surface area contributed by atoms with E-state index in [1.807, 2.05) is 12.1 Å². The van der Waals surface area contributed by atoms with Crippen molar-refractivity contribution in [1.29, 1.82) is 0 Å². The standard InChI is InChI=1S/C25H37ClN2O3/c1-25(2)16-18(11-14-30-25)17-28-12-9-21(10-13-28)31-23-8-7-19(15-22(23)26)24(29)27-20-5-3-4-6-20/h7-8,15,18,20-21H,3-6,9-14,16-17H2,1-2H3,(H,27,29). The summed E-state index contributed by atoms with van der Waals surface area (Å²) in [5.74, 6) is 1.37. The van der Waals surface area contributed by atoms with Crippen LogP contribution >= 0.6 is 11.6 Å². The minimum Gasteiger partial charge on any atom is -0.489 e. The summed E-state index contributed by atoms with van der Waals surface area (Å²) in [5.41, 5.74) is 0.625. The van der Waals surface area contributed by atoms with Crippen LogP contribution in [0.3, 0.4) is 0 Å². The number of amides is 1. The highest BCUT2D eigenvalue weighted by atomic mass is 35.5. The van der Waals surface area contributed by atoms with Crippen molar-refractivity contribution in [3.05, 3.63) is 28.8 Å². The third-order valence-corrected chi connectivity index (χ3v) is 7.32. The van der Waals surface area contributed by atoms with Crippen LogP contribution in [0.5, 0.6) is 5.75 Å². The van der Waals surface area contributed by atoms with E-state index in [0.717, 1.165) is 70.7 Å². The maximum Gasteiger partial charge on any atom is 0.251 e. The fourth-order valence-electron chi connectivity index (χ4n) is 5.34. The molecule has 1 atom stereocenters. The molecule has 1 aliphatic carbocycles. The van der Waals surface area contributed by atoms with E-state index in [0.29, 0.717) is 22.4 Å². The van der Waals surface area contributed by atoms with Crippen LogP contribution in [0.1, 0.15) is 75.6 Å². The molecule has 4 rings (SSSR count). The van der Waals surface area contributed by atoms with E-state index in [4.69, 9.17) is 21.1 Å². The van der Waals surface area contributed by atoms with Crippen LogP contribution in [0.4, 0.5) is 0 Å². The summed E-state index contributed by atoms with van der Waals surface area (Å²) in [6.07, 6.45) is 9.04. The first-order valence-electron chi connectivity index (χ1n) is 12.0. The summed E-state index contributed by atoms with van der Waals surface area (Å²) in [7, 11) is 0. The molecule has 3 fully saturated rings. The zero-order valence-corrected chi connectivity index (χ0v) is 19.8. The average molecular weight is 449 g/mol. The van der Waals surface area contributed by atoms with Gasteiger partial charge in [0.1, 0.15) is 11.9 Å². The van der Waals surface area contributed by atoms with Crippen molar-refractivity contribution in [2.45, 2.75) is 83.0 Å². The molecule has 0 aromatic heterocycles. The third-order valence-electron chi connectivity index (χ3n) is 7.03. The highest BCUT2D eigenvalue weighted by Gasteiger charge is 2.31. The van der Waals surface area contributed by atoms with Gasteiger partial charge in [-0.1, -0.05) is 24.4 Å². The molecule has 2 aliphatic heterocycles. The molecular formula is C25H37ClN2O3. The van der Waals surface area contributed by atoms with Gasteiger partial charge >= 0.3 is 0 Å². The van der Waals surface area contributed by atoms with E-state index in [1.54, 1.807) is 6.07 Å². The van der Waals surface area contributed by atoms with Gasteiger partial charge < -0.3 is 19.7 Å². The number of nitrogens with zero attached hydrogens (tertiary/aromatic N) is 1. The second-order valence-corrected chi connectivity index (χ2v) is 10.6. The Balaban J connectivity index is 1.24. The van der Waals surface area contributed by atoms with Crippen LogP contribution in [-0.2, 0) is 4.74 Å². The van der Waals surface area contributed by atoms with Gasteiger partial charge in [-0.05, 0) is 76.5 Å². The van der Waals surface area contributed by atoms with Crippen LogP contribution in [0.2, 0.25) is 5.02 Å². The lowest BCUT2D eigenvalue weighted by Crippen LogP contribution is -2.44. The van der Waals surface area contributed by atoms with Gasteiger partial charge in [0.05, 0.1) is 10.6 Å². The molecule has 1 unspecified atom stereocenters. The molecule has 1 amide bonds. The monoisotopic (exact) mass is 448 g/mol. The molecule has 0 bridgehead atoms. The summed E-state index contributed by atoms with van der Waals surface area (Å²) in [4.78, 5) is 15.0. The number of carbonyl (C=O) groups excluding carboxylic acids is 1. The predicted octanol–water partition coefficient (Wildman–Crippen LogP) is 5.06. The predicted molar refractivity (Wildman–Crippen MR) is 124 cm³/mol. The number of ether oxygens (including phenoxy) is 2. The molecular weight excluding hydrogens is 412 g/mol. The number of hydrogen-bond donors (Lipinski definition) is 1.